The first-order chi connectivity index (χ1) is 44.9. The molecule has 17 nitrogen and oxygen atoms in total. The van der Waals surface area contributed by atoms with Crippen molar-refractivity contribution < 1.29 is 80.2 Å². The molecule has 0 bridgehead atoms. The van der Waals surface area contributed by atoms with Gasteiger partial charge in [0.1, 0.15) is 19.3 Å². The van der Waals surface area contributed by atoms with Gasteiger partial charge < -0.3 is 33.8 Å². The zero-order chi connectivity index (χ0) is 68.6. The minimum atomic E-state index is -4.96. The Hall–Kier alpha value is -1.94. The minimum absolute atomic E-state index is 0.105. The van der Waals surface area contributed by atoms with Crippen LogP contribution in [0.25, 0.3) is 0 Å². The van der Waals surface area contributed by atoms with Crippen LogP contribution in [0.2, 0.25) is 0 Å². The summed E-state index contributed by atoms with van der Waals surface area (Å²) < 4.78 is 68.4. The number of hydrogen-bond donors (Lipinski definition) is 3. The number of unbranched alkanes of at least 4 members (excludes halogenated alkanes) is 43. The predicted molar refractivity (Wildman–Crippen MR) is 377 cm³/mol. The number of esters is 4. The fourth-order valence-corrected chi connectivity index (χ4v) is 12.9. The van der Waals surface area contributed by atoms with Gasteiger partial charge in [-0.15, -0.1) is 0 Å². The number of aliphatic hydroxyl groups excluding tert-OH is 1. The first-order valence-electron chi connectivity index (χ1n) is 38.5. The number of phosphoric ester groups is 2. The van der Waals surface area contributed by atoms with Crippen LogP contribution in [0.5, 0.6) is 0 Å². The van der Waals surface area contributed by atoms with Crippen molar-refractivity contribution in [1.82, 2.24) is 0 Å². The van der Waals surface area contributed by atoms with Gasteiger partial charge in [0, 0.05) is 25.7 Å². The van der Waals surface area contributed by atoms with Gasteiger partial charge in [-0.05, 0) is 37.5 Å². The Morgan fingerprint density at radius 1 is 0.290 bits per heavy atom. The third kappa shape index (κ3) is 68.4. The van der Waals surface area contributed by atoms with Crippen LogP contribution in [-0.2, 0) is 65.4 Å². The summed E-state index contributed by atoms with van der Waals surface area (Å²) in [4.78, 5) is 72.7. The van der Waals surface area contributed by atoms with E-state index in [0.29, 0.717) is 25.7 Å². The summed E-state index contributed by atoms with van der Waals surface area (Å²) in [6.07, 6.45) is 52.7. The molecule has 0 heterocycles. The Labute approximate surface area is 568 Å². The highest BCUT2D eigenvalue weighted by atomic mass is 31.2. The van der Waals surface area contributed by atoms with Crippen LogP contribution in [0.1, 0.15) is 382 Å². The van der Waals surface area contributed by atoms with Crippen LogP contribution in [0, 0.1) is 11.8 Å². The lowest BCUT2D eigenvalue weighted by atomic mass is 10.0. The normalized spacial score (nSPS) is 14.1. The van der Waals surface area contributed by atoms with E-state index in [9.17, 15) is 43.2 Å². The maximum Gasteiger partial charge on any atom is 0.472 e. The van der Waals surface area contributed by atoms with Crippen LogP contribution in [0.15, 0.2) is 0 Å². The molecule has 0 rings (SSSR count). The molecule has 0 saturated heterocycles. The van der Waals surface area contributed by atoms with Gasteiger partial charge in [-0.25, -0.2) is 9.13 Å². The van der Waals surface area contributed by atoms with Crippen molar-refractivity contribution in [2.24, 2.45) is 11.8 Å². The second-order valence-corrected chi connectivity index (χ2v) is 30.5. The van der Waals surface area contributed by atoms with E-state index in [4.69, 9.17) is 37.0 Å². The van der Waals surface area contributed by atoms with Crippen molar-refractivity contribution in [2.75, 3.05) is 39.6 Å². The maximum absolute atomic E-state index is 13.1. The number of rotatable bonds is 73. The van der Waals surface area contributed by atoms with Crippen LogP contribution < -0.4 is 0 Å². The molecule has 0 amide bonds. The summed E-state index contributed by atoms with van der Waals surface area (Å²) in [5, 5.41) is 10.6. The first-order valence-corrected chi connectivity index (χ1v) is 41.5. The van der Waals surface area contributed by atoms with E-state index < -0.39 is 97.5 Å². The molecule has 0 aromatic rings. The Kier molecular flexibility index (Phi) is 64.6. The lowest BCUT2D eigenvalue weighted by Gasteiger charge is -2.21. The SMILES string of the molecule is CCCCCCCCCCCCCCCCCCCC(=O)O[C@H](COC(=O)CCCCCCCCCCCCCCC(C)C)COP(=O)(O)OC[C@@H](O)COP(=O)(O)OC[C@@H](COC(=O)CCCCCCCCCCCC)OC(=O)CCCCCCCCCCC(C)C. The number of carbonyl (C=O) groups is 4. The predicted octanol–water partition coefficient (Wildman–Crippen LogP) is 21.6. The quantitative estimate of drug-likeness (QED) is 0.0222. The molecule has 0 aromatic carbocycles. The number of ether oxygens (including phenoxy) is 4. The molecule has 19 heteroatoms. The summed E-state index contributed by atoms with van der Waals surface area (Å²) in [7, 11) is -9.91. The van der Waals surface area contributed by atoms with Crippen molar-refractivity contribution in [3.05, 3.63) is 0 Å². The number of carbonyl (C=O) groups excluding carboxylic acids is 4. The van der Waals surface area contributed by atoms with E-state index in [2.05, 4.69) is 41.5 Å². The van der Waals surface area contributed by atoms with E-state index >= 15 is 0 Å². The number of hydrogen-bond acceptors (Lipinski definition) is 15. The van der Waals surface area contributed by atoms with Crippen molar-refractivity contribution >= 4 is 39.5 Å². The summed E-state index contributed by atoms with van der Waals surface area (Å²) in [5.74, 6) is -0.619. The third-order valence-electron chi connectivity index (χ3n) is 17.2. The van der Waals surface area contributed by atoms with Gasteiger partial charge in [0.15, 0.2) is 12.2 Å². The Balaban J connectivity index is 5.24. The van der Waals surface area contributed by atoms with Crippen LogP contribution in [0.3, 0.4) is 0 Å². The third-order valence-corrected chi connectivity index (χ3v) is 19.1. The second kappa shape index (κ2) is 66.0. The summed E-state index contributed by atoms with van der Waals surface area (Å²) in [6, 6.07) is 0. The van der Waals surface area contributed by atoms with Crippen LogP contribution in [-0.4, -0.2) is 96.7 Å². The molecule has 5 atom stereocenters. The van der Waals surface area contributed by atoms with E-state index in [0.717, 1.165) is 102 Å². The molecular formula is C74H144O17P2. The van der Waals surface area contributed by atoms with Crippen molar-refractivity contribution in [2.45, 2.75) is 400 Å². The zero-order valence-corrected chi connectivity index (χ0v) is 62.3. The molecule has 0 spiro atoms. The zero-order valence-electron chi connectivity index (χ0n) is 60.6. The van der Waals surface area contributed by atoms with E-state index in [-0.39, 0.29) is 25.7 Å². The van der Waals surface area contributed by atoms with Crippen LogP contribution >= 0.6 is 15.6 Å². The molecule has 0 aliphatic carbocycles. The summed E-state index contributed by atoms with van der Waals surface area (Å²) in [6.45, 7) is 9.55. The highest BCUT2D eigenvalue weighted by molar-refractivity contribution is 7.47. The second-order valence-electron chi connectivity index (χ2n) is 27.6. The molecule has 0 radical (unpaired) electrons. The maximum atomic E-state index is 13.1. The van der Waals surface area contributed by atoms with Crippen LogP contribution in [0.4, 0.5) is 0 Å². The molecular weight excluding hydrogens is 1220 g/mol. The van der Waals surface area contributed by atoms with Gasteiger partial charge in [-0.1, -0.05) is 330 Å². The Bertz CT molecular complexity index is 1800. The number of phosphoric acid groups is 2. The Morgan fingerprint density at radius 3 is 0.731 bits per heavy atom. The van der Waals surface area contributed by atoms with Gasteiger partial charge in [0.05, 0.1) is 26.4 Å². The van der Waals surface area contributed by atoms with Gasteiger partial charge in [-0.2, -0.15) is 0 Å². The number of aliphatic hydroxyl groups is 1. The van der Waals surface area contributed by atoms with E-state index in [1.807, 2.05) is 0 Å². The minimum Gasteiger partial charge on any atom is -0.462 e. The molecule has 93 heavy (non-hydrogen) atoms. The fraction of sp³-hybridized carbons (Fsp3) is 0.946. The largest absolute Gasteiger partial charge is 0.472 e. The van der Waals surface area contributed by atoms with Gasteiger partial charge in [-0.3, -0.25) is 37.3 Å². The molecule has 0 aliphatic heterocycles. The summed E-state index contributed by atoms with van der Waals surface area (Å²) in [5.41, 5.74) is 0. The molecule has 0 aliphatic rings. The van der Waals surface area contributed by atoms with Crippen molar-refractivity contribution in [3.8, 4) is 0 Å². The van der Waals surface area contributed by atoms with Gasteiger partial charge in [0.2, 0.25) is 0 Å². The Morgan fingerprint density at radius 2 is 0.495 bits per heavy atom. The van der Waals surface area contributed by atoms with Crippen molar-refractivity contribution in [1.29, 1.82) is 0 Å². The standard InChI is InChI=1S/C74H144O17P2/c1-7-9-11-13-15-17-19-20-21-22-23-24-29-33-40-46-52-58-73(78)90-69(62-85-72(77)57-51-45-39-32-28-26-25-27-30-36-42-48-54-66(3)4)64-88-92(80,81)86-60-68(75)61-87-93(82,83)89-65-70(63-84-71(76)56-50-44-38-31-18-16-14-12-10-8-2)91-74(79)59-53-47-41-35-34-37-43-49-55-67(5)6/h66-70,75H,7-65H2,1-6H3,(H,80,81)(H,82,83)/t68-,69-,70-/m1/s1. The van der Waals surface area contributed by atoms with E-state index in [1.54, 1.807) is 0 Å². The fourth-order valence-electron chi connectivity index (χ4n) is 11.3. The van der Waals surface area contributed by atoms with Gasteiger partial charge >= 0.3 is 39.5 Å². The molecule has 0 fully saturated rings. The molecule has 3 N–H and O–H groups in total. The van der Waals surface area contributed by atoms with E-state index in [1.165, 1.54) is 199 Å². The molecule has 552 valence electrons. The monoisotopic (exact) mass is 1370 g/mol. The molecule has 0 aromatic heterocycles. The average molecular weight is 1370 g/mol. The molecule has 0 saturated carbocycles. The highest BCUT2D eigenvalue weighted by Crippen LogP contribution is 2.45. The average Bonchev–Trinajstić information content (AvgIpc) is 3.08. The van der Waals surface area contributed by atoms with Crippen molar-refractivity contribution in [3.63, 3.8) is 0 Å². The smallest absolute Gasteiger partial charge is 0.462 e. The summed E-state index contributed by atoms with van der Waals surface area (Å²) >= 11 is 0. The van der Waals surface area contributed by atoms with Gasteiger partial charge in [0.25, 0.3) is 0 Å². The lowest BCUT2D eigenvalue weighted by molar-refractivity contribution is -0.161. The lowest BCUT2D eigenvalue weighted by Crippen LogP contribution is -2.30. The molecule has 2 unspecified atom stereocenters. The topological polar surface area (TPSA) is 237 Å². The highest BCUT2D eigenvalue weighted by Gasteiger charge is 2.30. The first kappa shape index (κ1) is 91.1.